The van der Waals surface area contributed by atoms with Crippen molar-refractivity contribution in [2.75, 3.05) is 19.6 Å². The SMILES string of the molecule is NCCC(=O)NCC1CCCCN1Cc1cc(O)cc(F)c1. The van der Waals surface area contributed by atoms with Crippen molar-refractivity contribution >= 4 is 5.91 Å². The molecule has 1 aliphatic heterocycles. The fraction of sp³-hybridized carbons (Fsp3) is 0.562. The molecule has 0 aromatic heterocycles. The second-order valence-corrected chi connectivity index (χ2v) is 5.78. The van der Waals surface area contributed by atoms with Crippen molar-refractivity contribution in [3.8, 4) is 5.75 Å². The smallest absolute Gasteiger partial charge is 0.221 e. The summed E-state index contributed by atoms with van der Waals surface area (Å²) in [5.41, 5.74) is 6.11. The van der Waals surface area contributed by atoms with E-state index in [9.17, 15) is 14.3 Å². The number of nitrogens with one attached hydrogen (secondary N) is 1. The average molecular weight is 309 g/mol. The lowest BCUT2D eigenvalue weighted by molar-refractivity contribution is -0.121. The van der Waals surface area contributed by atoms with E-state index in [4.69, 9.17) is 5.73 Å². The van der Waals surface area contributed by atoms with E-state index in [0.717, 1.165) is 37.4 Å². The summed E-state index contributed by atoms with van der Waals surface area (Å²) in [5.74, 6) is -0.518. The topological polar surface area (TPSA) is 78.6 Å². The van der Waals surface area contributed by atoms with Gasteiger partial charge in [-0.25, -0.2) is 4.39 Å². The fourth-order valence-electron chi connectivity index (χ4n) is 2.91. The molecule has 22 heavy (non-hydrogen) atoms. The number of phenolic OH excluding ortho intramolecular Hbond substituents is 1. The van der Waals surface area contributed by atoms with Gasteiger partial charge in [0.1, 0.15) is 11.6 Å². The summed E-state index contributed by atoms with van der Waals surface area (Å²) in [6.07, 6.45) is 3.56. The molecule has 6 heteroatoms. The third-order valence-corrected chi connectivity index (χ3v) is 3.98. The summed E-state index contributed by atoms with van der Waals surface area (Å²) in [5, 5.41) is 12.4. The highest BCUT2D eigenvalue weighted by molar-refractivity contribution is 5.76. The predicted molar refractivity (Wildman–Crippen MR) is 82.8 cm³/mol. The molecule has 0 bridgehead atoms. The molecular formula is C16H24FN3O2. The molecule has 0 saturated carbocycles. The van der Waals surface area contributed by atoms with Gasteiger partial charge in [0, 0.05) is 38.2 Å². The normalized spacial score (nSPS) is 19.1. The number of rotatable bonds is 6. The second-order valence-electron chi connectivity index (χ2n) is 5.78. The zero-order valence-electron chi connectivity index (χ0n) is 12.7. The molecule has 1 heterocycles. The minimum atomic E-state index is -0.431. The summed E-state index contributed by atoms with van der Waals surface area (Å²) in [7, 11) is 0. The van der Waals surface area contributed by atoms with Crippen molar-refractivity contribution in [3.63, 3.8) is 0 Å². The van der Waals surface area contributed by atoms with Crippen molar-refractivity contribution in [1.29, 1.82) is 0 Å². The first-order chi connectivity index (χ1) is 10.6. The maximum Gasteiger partial charge on any atom is 0.221 e. The first kappa shape index (κ1) is 16.7. The van der Waals surface area contributed by atoms with Gasteiger partial charge >= 0.3 is 0 Å². The van der Waals surface area contributed by atoms with Gasteiger partial charge < -0.3 is 16.2 Å². The van der Waals surface area contributed by atoms with Gasteiger partial charge in [-0.05, 0) is 37.1 Å². The molecule has 5 nitrogen and oxygen atoms in total. The van der Waals surface area contributed by atoms with Crippen LogP contribution in [0.25, 0.3) is 0 Å². The maximum atomic E-state index is 13.4. The van der Waals surface area contributed by atoms with E-state index in [1.165, 1.54) is 6.07 Å². The van der Waals surface area contributed by atoms with Crippen molar-refractivity contribution in [2.45, 2.75) is 38.3 Å². The molecule has 0 aliphatic carbocycles. The second kappa shape index (κ2) is 8.10. The molecule has 1 aromatic rings. The largest absolute Gasteiger partial charge is 0.508 e. The highest BCUT2D eigenvalue weighted by atomic mass is 19.1. The van der Waals surface area contributed by atoms with Crippen LogP contribution in [-0.2, 0) is 11.3 Å². The Labute approximate surface area is 130 Å². The number of carbonyl (C=O) groups excluding carboxylic acids is 1. The quantitative estimate of drug-likeness (QED) is 0.741. The predicted octanol–water partition coefficient (Wildman–Crippen LogP) is 1.35. The van der Waals surface area contributed by atoms with E-state index in [2.05, 4.69) is 10.2 Å². The molecule has 1 fully saturated rings. The fourth-order valence-corrected chi connectivity index (χ4v) is 2.91. The molecule has 1 aliphatic rings. The Balaban J connectivity index is 1.95. The van der Waals surface area contributed by atoms with E-state index < -0.39 is 5.82 Å². The van der Waals surface area contributed by atoms with Gasteiger partial charge in [0.2, 0.25) is 5.91 Å². The Morgan fingerprint density at radius 2 is 2.23 bits per heavy atom. The number of nitrogens with two attached hydrogens (primary N) is 1. The number of benzene rings is 1. The Hall–Kier alpha value is -1.66. The summed E-state index contributed by atoms with van der Waals surface area (Å²) in [6.45, 7) is 2.42. The van der Waals surface area contributed by atoms with Gasteiger partial charge in [-0.1, -0.05) is 6.42 Å². The maximum absolute atomic E-state index is 13.4. The number of amides is 1. The molecule has 4 N–H and O–H groups in total. The van der Waals surface area contributed by atoms with Crippen molar-refractivity contribution in [2.24, 2.45) is 5.73 Å². The number of aromatic hydroxyl groups is 1. The Morgan fingerprint density at radius 3 is 2.95 bits per heavy atom. The molecule has 0 spiro atoms. The monoisotopic (exact) mass is 309 g/mol. The molecule has 1 saturated heterocycles. The van der Waals surface area contributed by atoms with E-state index >= 15 is 0 Å². The number of halogens is 1. The number of piperidine rings is 1. The first-order valence-electron chi connectivity index (χ1n) is 7.77. The van der Waals surface area contributed by atoms with Crippen LogP contribution in [-0.4, -0.2) is 41.6 Å². The molecular weight excluding hydrogens is 285 g/mol. The summed E-state index contributed by atoms with van der Waals surface area (Å²) < 4.78 is 13.4. The van der Waals surface area contributed by atoms with E-state index in [1.807, 2.05) is 0 Å². The van der Waals surface area contributed by atoms with Gasteiger partial charge in [0.25, 0.3) is 0 Å². The van der Waals surface area contributed by atoms with Crippen molar-refractivity contribution in [1.82, 2.24) is 10.2 Å². The van der Waals surface area contributed by atoms with Crippen LogP contribution in [0.4, 0.5) is 4.39 Å². The number of carbonyl (C=O) groups is 1. The minimum absolute atomic E-state index is 0.0311. The Kier molecular flexibility index (Phi) is 6.15. The number of hydrogen-bond acceptors (Lipinski definition) is 4. The van der Waals surface area contributed by atoms with E-state index in [1.54, 1.807) is 6.07 Å². The Morgan fingerprint density at radius 1 is 1.41 bits per heavy atom. The zero-order chi connectivity index (χ0) is 15.9. The van der Waals surface area contributed by atoms with Crippen LogP contribution in [0.15, 0.2) is 18.2 Å². The van der Waals surface area contributed by atoms with Gasteiger partial charge in [0.05, 0.1) is 0 Å². The van der Waals surface area contributed by atoms with Crippen LogP contribution in [0, 0.1) is 5.82 Å². The van der Waals surface area contributed by atoms with Crippen LogP contribution in [0.1, 0.15) is 31.2 Å². The minimum Gasteiger partial charge on any atom is -0.508 e. The zero-order valence-corrected chi connectivity index (χ0v) is 12.7. The Bertz CT molecular complexity index is 490. The number of nitrogens with zero attached hydrogens (tertiary/aromatic N) is 1. The standard InChI is InChI=1S/C16H24FN3O2/c17-13-7-12(8-15(21)9-13)11-20-6-2-1-3-14(20)10-19-16(22)4-5-18/h7-9,14,21H,1-6,10-11,18H2,(H,19,22). The lowest BCUT2D eigenvalue weighted by Gasteiger charge is -2.36. The van der Waals surface area contributed by atoms with E-state index in [0.29, 0.717) is 26.1 Å². The van der Waals surface area contributed by atoms with Crippen LogP contribution in [0.3, 0.4) is 0 Å². The van der Waals surface area contributed by atoms with Gasteiger partial charge in [-0.3, -0.25) is 9.69 Å². The lowest BCUT2D eigenvalue weighted by atomic mass is 10.0. The number of hydrogen-bond donors (Lipinski definition) is 3. The summed E-state index contributed by atoms with van der Waals surface area (Å²) >= 11 is 0. The van der Waals surface area contributed by atoms with Crippen LogP contribution < -0.4 is 11.1 Å². The van der Waals surface area contributed by atoms with Gasteiger partial charge in [-0.2, -0.15) is 0 Å². The highest BCUT2D eigenvalue weighted by Crippen LogP contribution is 2.22. The first-order valence-corrected chi connectivity index (χ1v) is 7.77. The lowest BCUT2D eigenvalue weighted by Crippen LogP contribution is -2.46. The number of phenols is 1. The van der Waals surface area contributed by atoms with Crippen LogP contribution >= 0.6 is 0 Å². The van der Waals surface area contributed by atoms with Crippen molar-refractivity contribution in [3.05, 3.63) is 29.6 Å². The third kappa shape index (κ3) is 4.96. The van der Waals surface area contributed by atoms with Gasteiger partial charge in [-0.15, -0.1) is 0 Å². The molecule has 122 valence electrons. The number of likely N-dealkylation sites (tertiary alicyclic amines) is 1. The molecule has 1 amide bonds. The molecule has 1 atom stereocenters. The summed E-state index contributed by atoms with van der Waals surface area (Å²) in [6, 6.07) is 4.37. The van der Waals surface area contributed by atoms with E-state index in [-0.39, 0.29) is 17.7 Å². The van der Waals surface area contributed by atoms with Crippen LogP contribution in [0.2, 0.25) is 0 Å². The van der Waals surface area contributed by atoms with Crippen LogP contribution in [0.5, 0.6) is 5.75 Å². The third-order valence-electron chi connectivity index (χ3n) is 3.98. The average Bonchev–Trinajstić information content (AvgIpc) is 2.45. The molecule has 1 aromatic carbocycles. The molecule has 2 rings (SSSR count). The molecule has 1 unspecified atom stereocenters. The van der Waals surface area contributed by atoms with Gasteiger partial charge in [0.15, 0.2) is 0 Å². The van der Waals surface area contributed by atoms with Crippen molar-refractivity contribution < 1.29 is 14.3 Å². The highest BCUT2D eigenvalue weighted by Gasteiger charge is 2.23. The molecule has 0 radical (unpaired) electrons. The summed E-state index contributed by atoms with van der Waals surface area (Å²) in [4.78, 5) is 13.8.